The first-order valence-corrected chi connectivity index (χ1v) is 4.86. The van der Waals surface area contributed by atoms with Crippen molar-refractivity contribution in [1.29, 1.82) is 0 Å². The summed E-state index contributed by atoms with van der Waals surface area (Å²) in [5.41, 5.74) is 2.44. The molecule has 0 unspecified atom stereocenters. The van der Waals surface area contributed by atoms with Gasteiger partial charge < -0.3 is 0 Å². The van der Waals surface area contributed by atoms with Gasteiger partial charge >= 0.3 is 0 Å². The zero-order chi connectivity index (χ0) is 9.90. The molecule has 0 aliphatic rings. The predicted octanol–water partition coefficient (Wildman–Crippen LogP) is -0.298. The maximum Gasteiger partial charge on any atom is 0.239 e. The van der Waals surface area contributed by atoms with Gasteiger partial charge in [0.1, 0.15) is 10.7 Å². The highest BCUT2D eigenvalue weighted by Gasteiger charge is 2.06. The van der Waals surface area contributed by atoms with Crippen LogP contribution in [0.5, 0.6) is 0 Å². The van der Waals surface area contributed by atoms with E-state index in [4.69, 9.17) is 5.14 Å². The van der Waals surface area contributed by atoms with Gasteiger partial charge in [0.15, 0.2) is 0 Å². The van der Waals surface area contributed by atoms with Crippen LogP contribution in [0, 0.1) is 0 Å². The Morgan fingerprint density at radius 3 is 2.62 bits per heavy atom. The lowest BCUT2D eigenvalue weighted by Crippen LogP contribution is -2.12. The molecule has 0 bridgehead atoms. The van der Waals surface area contributed by atoms with Crippen molar-refractivity contribution in [2.24, 2.45) is 5.14 Å². The van der Waals surface area contributed by atoms with Crippen LogP contribution in [0.4, 0.5) is 5.82 Å². The molecule has 1 rings (SSSR count). The Bertz CT molecular complexity index is 373. The number of primary sulfonamides is 1. The second-order valence-electron chi connectivity index (χ2n) is 2.23. The van der Waals surface area contributed by atoms with E-state index >= 15 is 0 Å². The van der Waals surface area contributed by atoms with Gasteiger partial charge in [-0.2, -0.15) is 0 Å². The third-order valence-corrected chi connectivity index (χ3v) is 2.17. The van der Waals surface area contributed by atoms with E-state index in [2.05, 4.69) is 15.3 Å². The molecule has 0 saturated heterocycles. The normalized spacial score (nSPS) is 11.2. The van der Waals surface area contributed by atoms with Crippen molar-refractivity contribution in [3.05, 3.63) is 18.3 Å². The first-order chi connectivity index (χ1) is 6.04. The van der Waals surface area contributed by atoms with Gasteiger partial charge in [-0.3, -0.25) is 4.84 Å². The number of nitrogens with one attached hydrogen (secondary N) is 1. The summed E-state index contributed by atoms with van der Waals surface area (Å²) in [6, 6.07) is 2.78. The molecule has 72 valence electrons. The van der Waals surface area contributed by atoms with Crippen LogP contribution in [0.25, 0.3) is 0 Å². The Labute approximate surface area is 75.7 Å². The minimum Gasteiger partial charge on any atom is -0.278 e. The largest absolute Gasteiger partial charge is 0.278 e. The summed E-state index contributed by atoms with van der Waals surface area (Å²) in [6.07, 6.45) is 1.15. The van der Waals surface area contributed by atoms with Gasteiger partial charge in [0.2, 0.25) is 10.0 Å². The molecule has 0 spiro atoms. The molecule has 0 aliphatic carbocycles. The average Bonchev–Trinajstić information content (AvgIpc) is 2.04. The van der Waals surface area contributed by atoms with E-state index in [1.807, 2.05) is 0 Å². The SMILES string of the molecule is CONc1ccc(S(N)(=O)=O)cn1. The average molecular weight is 203 g/mol. The second kappa shape index (κ2) is 3.69. The first kappa shape index (κ1) is 9.90. The van der Waals surface area contributed by atoms with Crippen molar-refractivity contribution < 1.29 is 13.3 Å². The summed E-state index contributed by atoms with van der Waals surface area (Å²) < 4.78 is 21.6. The van der Waals surface area contributed by atoms with Crippen LogP contribution >= 0.6 is 0 Å². The molecule has 0 amide bonds. The minimum atomic E-state index is -3.67. The van der Waals surface area contributed by atoms with E-state index in [1.54, 1.807) is 0 Å². The topological polar surface area (TPSA) is 94.3 Å². The summed E-state index contributed by atoms with van der Waals surface area (Å²) in [6.45, 7) is 0. The Kier molecular flexibility index (Phi) is 2.81. The highest BCUT2D eigenvalue weighted by molar-refractivity contribution is 7.89. The van der Waals surface area contributed by atoms with Gasteiger partial charge in [0, 0.05) is 6.20 Å². The Balaban J connectivity index is 2.94. The predicted molar refractivity (Wildman–Crippen MR) is 46.2 cm³/mol. The Morgan fingerprint density at radius 2 is 2.23 bits per heavy atom. The number of nitrogens with two attached hydrogens (primary N) is 1. The van der Waals surface area contributed by atoms with Crippen molar-refractivity contribution in [1.82, 2.24) is 4.98 Å². The summed E-state index contributed by atoms with van der Waals surface area (Å²) in [5.74, 6) is 0.412. The lowest BCUT2D eigenvalue weighted by atomic mass is 10.5. The molecule has 3 N–H and O–H groups in total. The molecule has 1 heterocycles. The second-order valence-corrected chi connectivity index (χ2v) is 3.79. The van der Waals surface area contributed by atoms with Crippen molar-refractivity contribution >= 4 is 15.8 Å². The van der Waals surface area contributed by atoms with E-state index in [9.17, 15) is 8.42 Å². The molecule has 0 aromatic carbocycles. The molecule has 0 aliphatic heterocycles. The van der Waals surface area contributed by atoms with Crippen molar-refractivity contribution in [2.75, 3.05) is 12.6 Å². The van der Waals surface area contributed by atoms with E-state index in [0.29, 0.717) is 5.82 Å². The minimum absolute atomic E-state index is 0.0332. The van der Waals surface area contributed by atoms with Crippen molar-refractivity contribution in [3.8, 4) is 0 Å². The fourth-order valence-corrected chi connectivity index (χ4v) is 1.17. The van der Waals surface area contributed by atoms with Gasteiger partial charge in [0.05, 0.1) is 7.11 Å². The molecule has 0 saturated carbocycles. The van der Waals surface area contributed by atoms with Gasteiger partial charge in [-0.15, -0.1) is 0 Å². The van der Waals surface area contributed by atoms with Crippen LogP contribution < -0.4 is 10.6 Å². The van der Waals surface area contributed by atoms with E-state index in [-0.39, 0.29) is 4.90 Å². The summed E-state index contributed by atoms with van der Waals surface area (Å²) in [4.78, 5) is 8.27. The zero-order valence-electron chi connectivity index (χ0n) is 6.89. The van der Waals surface area contributed by atoms with Gasteiger partial charge in [-0.05, 0) is 12.1 Å². The van der Waals surface area contributed by atoms with Crippen molar-refractivity contribution in [3.63, 3.8) is 0 Å². The maximum absolute atomic E-state index is 10.8. The standard InChI is InChI=1S/C6H9N3O3S/c1-12-9-6-3-2-5(4-8-6)13(7,10)11/h2-4H,1H3,(H,8,9)(H2,7,10,11). The quantitative estimate of drug-likeness (QED) is 0.658. The van der Waals surface area contributed by atoms with Crippen LogP contribution in [0.3, 0.4) is 0 Å². The van der Waals surface area contributed by atoms with E-state index < -0.39 is 10.0 Å². The fourth-order valence-electron chi connectivity index (χ4n) is 0.714. The first-order valence-electron chi connectivity index (χ1n) is 3.32. The molecule has 7 heteroatoms. The molecule has 1 aromatic heterocycles. The number of sulfonamides is 1. The van der Waals surface area contributed by atoms with Gasteiger partial charge in [0.25, 0.3) is 0 Å². The zero-order valence-corrected chi connectivity index (χ0v) is 7.71. The molecule has 6 nitrogen and oxygen atoms in total. The fraction of sp³-hybridized carbons (Fsp3) is 0.167. The van der Waals surface area contributed by atoms with Crippen LogP contribution in [0.15, 0.2) is 23.2 Å². The molecule has 1 aromatic rings. The lowest BCUT2D eigenvalue weighted by Gasteiger charge is -2.01. The molecule has 0 atom stereocenters. The van der Waals surface area contributed by atoms with Gasteiger partial charge in [-0.25, -0.2) is 24.0 Å². The Morgan fingerprint density at radius 1 is 1.54 bits per heavy atom. The molecule has 13 heavy (non-hydrogen) atoms. The van der Waals surface area contributed by atoms with E-state index in [0.717, 1.165) is 6.20 Å². The number of aromatic nitrogens is 1. The highest BCUT2D eigenvalue weighted by atomic mass is 32.2. The third kappa shape index (κ3) is 2.65. The maximum atomic E-state index is 10.8. The number of anilines is 1. The number of rotatable bonds is 3. The van der Waals surface area contributed by atoms with Crippen molar-refractivity contribution in [2.45, 2.75) is 4.90 Å². The molecular formula is C6H9N3O3S. The lowest BCUT2D eigenvalue weighted by molar-refractivity contribution is 0.269. The molecular weight excluding hydrogens is 194 g/mol. The summed E-state index contributed by atoms with van der Waals surface area (Å²) >= 11 is 0. The van der Waals surface area contributed by atoms with Crippen LogP contribution in [0.2, 0.25) is 0 Å². The molecule has 0 fully saturated rings. The number of hydrogen-bond donors (Lipinski definition) is 2. The molecule has 0 radical (unpaired) electrons. The van der Waals surface area contributed by atoms with Gasteiger partial charge in [-0.1, -0.05) is 0 Å². The monoisotopic (exact) mass is 203 g/mol. The van der Waals surface area contributed by atoms with E-state index in [1.165, 1.54) is 19.2 Å². The number of hydrogen-bond acceptors (Lipinski definition) is 5. The smallest absolute Gasteiger partial charge is 0.239 e. The number of pyridine rings is 1. The summed E-state index contributed by atoms with van der Waals surface area (Å²) in [5, 5.41) is 4.86. The highest BCUT2D eigenvalue weighted by Crippen LogP contribution is 2.08. The Hall–Kier alpha value is -1.18. The summed E-state index contributed by atoms with van der Waals surface area (Å²) in [7, 11) is -2.24. The number of nitrogens with zero attached hydrogens (tertiary/aromatic N) is 1. The van der Waals surface area contributed by atoms with Crippen LogP contribution in [0.1, 0.15) is 0 Å². The third-order valence-electron chi connectivity index (χ3n) is 1.27. The van der Waals surface area contributed by atoms with Crippen LogP contribution in [-0.2, 0) is 14.9 Å². The van der Waals surface area contributed by atoms with Crippen LogP contribution in [-0.4, -0.2) is 20.5 Å².